The van der Waals surface area contributed by atoms with Gasteiger partial charge >= 0.3 is 0 Å². The number of hydrogen-bond donors (Lipinski definition) is 3. The summed E-state index contributed by atoms with van der Waals surface area (Å²) in [6.45, 7) is 4.17. The lowest BCUT2D eigenvalue weighted by Crippen LogP contribution is -2.15. The molecule has 29 heavy (non-hydrogen) atoms. The maximum atomic E-state index is 10.9. The number of hydrogen-bond acceptors (Lipinski definition) is 8. The van der Waals surface area contributed by atoms with Gasteiger partial charge in [-0.25, -0.2) is 10.0 Å². The van der Waals surface area contributed by atoms with E-state index in [0.717, 1.165) is 9.96 Å². The van der Waals surface area contributed by atoms with E-state index in [9.17, 15) is 5.21 Å². The van der Waals surface area contributed by atoms with Crippen LogP contribution in [0.3, 0.4) is 0 Å². The second kappa shape index (κ2) is 9.21. The average molecular weight is 432 g/mol. The van der Waals surface area contributed by atoms with E-state index in [0.29, 0.717) is 28.1 Å². The highest BCUT2D eigenvalue weighted by Gasteiger charge is 2.18. The molecule has 7 nitrogen and oxygen atoms in total. The van der Waals surface area contributed by atoms with Gasteiger partial charge in [0, 0.05) is 21.9 Å². The Kier molecular flexibility index (Phi) is 6.68. The molecule has 0 bridgehead atoms. The van der Waals surface area contributed by atoms with Gasteiger partial charge in [0.15, 0.2) is 5.82 Å². The monoisotopic (exact) mass is 431 g/mol. The third-order valence-corrected chi connectivity index (χ3v) is 5.19. The Balaban J connectivity index is 1.94. The molecule has 1 heterocycles. The molecule has 3 aromatic rings. The maximum Gasteiger partial charge on any atom is 0.229 e. The molecule has 1 aromatic heterocycles. The van der Waals surface area contributed by atoms with E-state index in [1.807, 2.05) is 18.2 Å². The first-order valence-electron chi connectivity index (χ1n) is 8.86. The van der Waals surface area contributed by atoms with E-state index in [4.69, 9.17) is 22.1 Å². The second-order valence-corrected chi connectivity index (χ2v) is 8.42. The fraction of sp³-hybridized carbons (Fsp3) is 0.200. The number of nitrogens with one attached hydrogen (secondary N) is 1. The lowest BCUT2D eigenvalue weighted by Gasteiger charge is -2.21. The van der Waals surface area contributed by atoms with Crippen molar-refractivity contribution in [3.05, 3.63) is 53.7 Å². The highest BCUT2D eigenvalue weighted by Crippen LogP contribution is 2.37. The molecule has 0 aliphatic carbocycles. The van der Waals surface area contributed by atoms with Crippen LogP contribution in [0, 0.1) is 0 Å². The number of ether oxygens (including phenoxy) is 1. The summed E-state index contributed by atoms with van der Waals surface area (Å²) in [5.41, 5.74) is 7.59. The molecule has 0 radical (unpaired) electrons. The van der Waals surface area contributed by atoms with E-state index in [2.05, 4.69) is 29.1 Å². The smallest absolute Gasteiger partial charge is 0.229 e. The number of para-hydroxylation sites is 1. The number of benzene rings is 2. The Morgan fingerprint density at radius 3 is 2.72 bits per heavy atom. The van der Waals surface area contributed by atoms with Crippen molar-refractivity contribution in [2.75, 3.05) is 23.2 Å². The van der Waals surface area contributed by atoms with Crippen molar-refractivity contribution < 1.29 is 9.94 Å². The standard InChI is InChI=1S/C20H22ClN5O2S/c1-12(2)29-18-7-5-4-6-16(18)26(27)19-14(21)11-23-20(25-19)24-15-9-8-13(22)10-17(15)28-3/h4-12,27H,22H2,1-3H3,(H,23,24,25). The second-order valence-electron chi connectivity index (χ2n) is 6.40. The molecule has 0 unspecified atom stereocenters. The van der Waals surface area contributed by atoms with Crippen molar-refractivity contribution >= 4 is 52.2 Å². The lowest BCUT2D eigenvalue weighted by molar-refractivity contribution is 0.296. The molecule has 0 aliphatic rings. The van der Waals surface area contributed by atoms with Gasteiger partial charge in [-0.05, 0) is 24.3 Å². The number of nitrogens with zero attached hydrogens (tertiary/aromatic N) is 3. The number of thioether (sulfide) groups is 1. The molecule has 9 heteroatoms. The third-order valence-electron chi connectivity index (χ3n) is 3.85. The SMILES string of the molecule is COc1cc(N)ccc1Nc1ncc(Cl)c(N(O)c2ccccc2SC(C)C)n1. The van der Waals surface area contributed by atoms with Crippen LogP contribution in [0.1, 0.15) is 13.8 Å². The van der Waals surface area contributed by atoms with Gasteiger partial charge < -0.3 is 15.8 Å². The lowest BCUT2D eigenvalue weighted by atomic mass is 10.2. The number of nitrogens with two attached hydrogens (primary N) is 1. The number of rotatable bonds is 7. The van der Waals surface area contributed by atoms with Crippen molar-refractivity contribution in [1.29, 1.82) is 0 Å². The van der Waals surface area contributed by atoms with E-state index in [-0.39, 0.29) is 16.8 Å². The molecule has 0 fully saturated rings. The molecular weight excluding hydrogens is 410 g/mol. The third kappa shape index (κ3) is 5.03. The molecule has 2 aromatic carbocycles. The van der Waals surface area contributed by atoms with Gasteiger partial charge in [0.05, 0.1) is 24.7 Å². The highest BCUT2D eigenvalue weighted by atomic mass is 35.5. The van der Waals surface area contributed by atoms with Crippen molar-refractivity contribution in [1.82, 2.24) is 9.97 Å². The van der Waals surface area contributed by atoms with E-state index in [1.165, 1.54) is 6.20 Å². The van der Waals surface area contributed by atoms with Gasteiger partial charge in [0.1, 0.15) is 10.8 Å². The normalized spacial score (nSPS) is 10.8. The fourth-order valence-corrected chi connectivity index (χ4v) is 3.71. The summed E-state index contributed by atoms with van der Waals surface area (Å²) >= 11 is 7.91. The van der Waals surface area contributed by atoms with Crippen molar-refractivity contribution in [3.63, 3.8) is 0 Å². The topological polar surface area (TPSA) is 96.5 Å². The first-order valence-corrected chi connectivity index (χ1v) is 10.1. The van der Waals surface area contributed by atoms with Crippen LogP contribution in [0.4, 0.5) is 28.8 Å². The summed E-state index contributed by atoms with van der Waals surface area (Å²) < 4.78 is 5.34. The first-order chi connectivity index (χ1) is 13.9. The van der Waals surface area contributed by atoms with Crippen LogP contribution in [0.2, 0.25) is 5.02 Å². The number of aromatic nitrogens is 2. The summed E-state index contributed by atoms with van der Waals surface area (Å²) in [5, 5.41) is 15.5. The predicted octanol–water partition coefficient (Wildman–Crippen LogP) is 5.49. The Morgan fingerprint density at radius 1 is 1.24 bits per heavy atom. The van der Waals surface area contributed by atoms with Crippen LogP contribution in [-0.4, -0.2) is 27.5 Å². The fourth-order valence-electron chi connectivity index (χ4n) is 2.60. The molecule has 4 N–H and O–H groups in total. The molecular formula is C20H22ClN5O2S. The Hall–Kier alpha value is -2.68. The first kappa shape index (κ1) is 21.0. The quantitative estimate of drug-likeness (QED) is 0.256. The van der Waals surface area contributed by atoms with Gasteiger partial charge in [-0.1, -0.05) is 37.6 Å². The van der Waals surface area contributed by atoms with Crippen molar-refractivity contribution in [3.8, 4) is 5.75 Å². The van der Waals surface area contributed by atoms with Crippen LogP contribution < -0.4 is 20.9 Å². The van der Waals surface area contributed by atoms with Crippen LogP contribution in [0.5, 0.6) is 5.75 Å². The predicted molar refractivity (Wildman–Crippen MR) is 119 cm³/mol. The minimum absolute atomic E-state index is 0.162. The number of methoxy groups -OCH3 is 1. The zero-order valence-electron chi connectivity index (χ0n) is 16.3. The molecule has 0 atom stereocenters. The molecule has 0 saturated carbocycles. The summed E-state index contributed by atoms with van der Waals surface area (Å²) in [4.78, 5) is 9.49. The number of anilines is 5. The van der Waals surface area contributed by atoms with Gasteiger partial charge in [0.25, 0.3) is 0 Å². The molecule has 0 aliphatic heterocycles. The van der Waals surface area contributed by atoms with Crippen LogP contribution in [-0.2, 0) is 0 Å². The van der Waals surface area contributed by atoms with Gasteiger partial charge in [0.2, 0.25) is 5.95 Å². The zero-order valence-corrected chi connectivity index (χ0v) is 17.8. The average Bonchev–Trinajstić information content (AvgIpc) is 2.70. The van der Waals surface area contributed by atoms with Gasteiger partial charge in [-0.2, -0.15) is 4.98 Å². The Labute approximate surface area is 178 Å². The number of nitrogen functional groups attached to an aromatic ring is 1. The molecule has 152 valence electrons. The highest BCUT2D eigenvalue weighted by molar-refractivity contribution is 8.00. The zero-order chi connectivity index (χ0) is 21.0. The largest absolute Gasteiger partial charge is 0.494 e. The number of halogens is 1. The van der Waals surface area contributed by atoms with Gasteiger partial charge in [-0.3, -0.25) is 5.21 Å². The van der Waals surface area contributed by atoms with E-state index in [1.54, 1.807) is 43.1 Å². The van der Waals surface area contributed by atoms with Crippen LogP contribution in [0.25, 0.3) is 0 Å². The Bertz CT molecular complexity index is 1000. The minimum atomic E-state index is 0.162. The minimum Gasteiger partial charge on any atom is -0.494 e. The summed E-state index contributed by atoms with van der Waals surface area (Å²) in [7, 11) is 1.55. The molecule has 0 saturated heterocycles. The van der Waals surface area contributed by atoms with Crippen LogP contribution >= 0.6 is 23.4 Å². The summed E-state index contributed by atoms with van der Waals surface area (Å²) in [6, 6.07) is 12.7. The Morgan fingerprint density at radius 2 is 2.00 bits per heavy atom. The molecule has 0 spiro atoms. The van der Waals surface area contributed by atoms with Crippen LogP contribution in [0.15, 0.2) is 53.6 Å². The molecule has 0 amide bonds. The summed E-state index contributed by atoms with van der Waals surface area (Å²) in [5.74, 6) is 0.959. The van der Waals surface area contributed by atoms with Crippen molar-refractivity contribution in [2.24, 2.45) is 0 Å². The summed E-state index contributed by atoms with van der Waals surface area (Å²) in [6.07, 6.45) is 1.43. The van der Waals surface area contributed by atoms with Gasteiger partial charge in [-0.15, -0.1) is 11.8 Å². The van der Waals surface area contributed by atoms with E-state index < -0.39 is 0 Å². The van der Waals surface area contributed by atoms with Crippen molar-refractivity contribution in [2.45, 2.75) is 24.0 Å². The molecule has 3 rings (SSSR count). The maximum absolute atomic E-state index is 10.9. The van der Waals surface area contributed by atoms with E-state index >= 15 is 0 Å².